The molecular formula is C22H22F3N5O3. The minimum Gasteiger partial charge on any atom is -0.481 e. The van der Waals surface area contributed by atoms with Gasteiger partial charge in [-0.25, -0.2) is 23.1 Å². The Hall–Kier alpha value is -3.63. The molecule has 0 radical (unpaired) electrons. The number of benzene rings is 1. The van der Waals surface area contributed by atoms with E-state index < -0.39 is 29.4 Å². The number of fused-ring (bicyclic) bond motifs is 1. The predicted octanol–water partition coefficient (Wildman–Crippen LogP) is 3.49. The molecule has 174 valence electrons. The Morgan fingerprint density at radius 2 is 1.97 bits per heavy atom. The molecule has 3 heterocycles. The van der Waals surface area contributed by atoms with Crippen LogP contribution in [0.25, 0.3) is 11.0 Å². The van der Waals surface area contributed by atoms with Crippen molar-refractivity contribution >= 4 is 22.8 Å². The van der Waals surface area contributed by atoms with Crippen molar-refractivity contribution in [2.45, 2.75) is 39.3 Å². The molecule has 3 aromatic rings. The van der Waals surface area contributed by atoms with Crippen molar-refractivity contribution in [1.29, 1.82) is 0 Å². The third-order valence-corrected chi connectivity index (χ3v) is 5.49. The zero-order valence-corrected chi connectivity index (χ0v) is 18.2. The van der Waals surface area contributed by atoms with E-state index in [1.165, 1.54) is 25.1 Å². The quantitative estimate of drug-likeness (QED) is 0.583. The lowest BCUT2D eigenvalue weighted by Gasteiger charge is -2.38. The lowest BCUT2D eigenvalue weighted by atomic mass is 10.0. The molecule has 33 heavy (non-hydrogen) atoms. The molecule has 1 aliphatic heterocycles. The average Bonchev–Trinajstić information content (AvgIpc) is 2.70. The number of anilines is 1. The van der Waals surface area contributed by atoms with Gasteiger partial charge in [0.2, 0.25) is 5.91 Å². The van der Waals surface area contributed by atoms with Crippen molar-refractivity contribution < 1.29 is 22.7 Å². The molecule has 11 heteroatoms. The lowest BCUT2D eigenvalue weighted by Crippen LogP contribution is -2.55. The first-order chi connectivity index (χ1) is 15.6. The Morgan fingerprint density at radius 1 is 1.27 bits per heavy atom. The number of nitrogens with one attached hydrogen (secondary N) is 2. The summed E-state index contributed by atoms with van der Waals surface area (Å²) in [6.07, 6.45) is -3.25. The van der Waals surface area contributed by atoms with Gasteiger partial charge in [-0.1, -0.05) is 18.2 Å². The molecule has 1 saturated heterocycles. The molecule has 0 saturated carbocycles. The van der Waals surface area contributed by atoms with Gasteiger partial charge in [0.25, 0.3) is 12.0 Å². The Morgan fingerprint density at radius 3 is 2.64 bits per heavy atom. The third-order valence-electron chi connectivity index (χ3n) is 5.49. The molecular weight excluding hydrogens is 439 g/mol. The normalized spacial score (nSPS) is 14.9. The van der Waals surface area contributed by atoms with Crippen LogP contribution in [0.3, 0.4) is 0 Å². The Balaban J connectivity index is 1.65. The van der Waals surface area contributed by atoms with Crippen molar-refractivity contribution in [2.75, 3.05) is 18.4 Å². The largest absolute Gasteiger partial charge is 0.481 e. The fourth-order valence-electron chi connectivity index (χ4n) is 3.68. The first kappa shape index (κ1) is 22.6. The van der Waals surface area contributed by atoms with Crippen LogP contribution in [-0.4, -0.2) is 45.0 Å². The Bertz CT molecular complexity index is 1270. The zero-order chi connectivity index (χ0) is 23.9. The van der Waals surface area contributed by atoms with E-state index in [0.29, 0.717) is 24.3 Å². The number of hydrogen-bond donors (Lipinski definition) is 2. The number of aromatic amines is 1. The van der Waals surface area contributed by atoms with Crippen LogP contribution in [0.5, 0.6) is 5.75 Å². The number of aryl methyl sites for hydroxylation is 1. The van der Waals surface area contributed by atoms with E-state index in [1.807, 2.05) is 0 Å². The standard InChI is InChI=1S/C22H22F3N5O3/c1-10(14-5-4-6-15(18(14)23)19(24)25)26-20-16-7-17(33-13-8-30(9-13)12(3)31)22(32)29-21(16)28-11(2)27-20/h4-7,10,13,19H,8-9H2,1-3H3,(H2,26,27,28,29,32). The molecule has 1 unspecified atom stereocenters. The van der Waals surface area contributed by atoms with Crippen LogP contribution in [-0.2, 0) is 4.79 Å². The second-order valence-corrected chi connectivity index (χ2v) is 7.93. The fraction of sp³-hybridized carbons (Fsp3) is 0.364. The van der Waals surface area contributed by atoms with Gasteiger partial charge in [0.1, 0.15) is 29.2 Å². The van der Waals surface area contributed by atoms with E-state index in [9.17, 15) is 22.8 Å². The second-order valence-electron chi connectivity index (χ2n) is 7.93. The molecule has 1 fully saturated rings. The van der Waals surface area contributed by atoms with Gasteiger partial charge in [0, 0.05) is 18.6 Å². The summed E-state index contributed by atoms with van der Waals surface area (Å²) < 4.78 is 46.6. The summed E-state index contributed by atoms with van der Waals surface area (Å²) in [5, 5.41) is 3.44. The van der Waals surface area contributed by atoms with Crippen LogP contribution in [0, 0.1) is 12.7 Å². The molecule has 1 aromatic carbocycles. The minimum atomic E-state index is -2.94. The molecule has 1 amide bonds. The molecule has 1 aliphatic rings. The first-order valence-corrected chi connectivity index (χ1v) is 10.3. The zero-order valence-electron chi connectivity index (χ0n) is 18.2. The van der Waals surface area contributed by atoms with Crippen LogP contribution >= 0.6 is 0 Å². The van der Waals surface area contributed by atoms with E-state index in [1.54, 1.807) is 18.7 Å². The highest BCUT2D eigenvalue weighted by atomic mass is 19.3. The smallest absolute Gasteiger partial charge is 0.291 e. The fourth-order valence-corrected chi connectivity index (χ4v) is 3.68. The van der Waals surface area contributed by atoms with Crippen molar-refractivity contribution in [2.24, 2.45) is 0 Å². The third kappa shape index (κ3) is 4.48. The number of ether oxygens (including phenoxy) is 1. The number of rotatable bonds is 6. The van der Waals surface area contributed by atoms with E-state index >= 15 is 0 Å². The number of halogens is 3. The average molecular weight is 461 g/mol. The summed E-state index contributed by atoms with van der Waals surface area (Å²) in [4.78, 5) is 36.6. The number of H-pyrrole nitrogens is 1. The number of nitrogens with zero attached hydrogens (tertiary/aromatic N) is 3. The second kappa shape index (κ2) is 8.72. The van der Waals surface area contributed by atoms with Gasteiger partial charge in [-0.05, 0) is 13.8 Å². The van der Waals surface area contributed by atoms with Gasteiger partial charge in [-0.3, -0.25) is 9.59 Å². The van der Waals surface area contributed by atoms with Gasteiger partial charge in [0.05, 0.1) is 30.1 Å². The molecule has 8 nitrogen and oxygen atoms in total. The molecule has 4 rings (SSSR count). The van der Waals surface area contributed by atoms with E-state index in [4.69, 9.17) is 4.74 Å². The summed E-state index contributed by atoms with van der Waals surface area (Å²) in [5.74, 6) is -0.397. The number of amides is 1. The number of hydrogen-bond acceptors (Lipinski definition) is 6. The molecule has 0 spiro atoms. The number of pyridine rings is 1. The summed E-state index contributed by atoms with van der Waals surface area (Å²) >= 11 is 0. The SMILES string of the molecule is CC(=O)N1CC(Oc2cc3c(NC(C)c4cccc(C(F)F)c4F)nc(C)nc3[nH]c2=O)C1. The van der Waals surface area contributed by atoms with Crippen molar-refractivity contribution in [1.82, 2.24) is 19.9 Å². The minimum absolute atomic E-state index is 0.0322. The van der Waals surface area contributed by atoms with Crippen LogP contribution in [0.1, 0.15) is 43.3 Å². The molecule has 1 atom stereocenters. The molecule has 2 N–H and O–H groups in total. The lowest BCUT2D eigenvalue weighted by molar-refractivity contribution is -0.137. The van der Waals surface area contributed by atoms with Crippen LogP contribution < -0.4 is 15.6 Å². The van der Waals surface area contributed by atoms with E-state index in [-0.39, 0.29) is 34.8 Å². The number of carbonyl (C=O) groups is 1. The Kier molecular flexibility index (Phi) is 5.96. The highest BCUT2D eigenvalue weighted by Crippen LogP contribution is 2.30. The van der Waals surface area contributed by atoms with Crippen LogP contribution in [0.4, 0.5) is 19.0 Å². The van der Waals surface area contributed by atoms with Crippen molar-refractivity contribution in [3.8, 4) is 5.75 Å². The summed E-state index contributed by atoms with van der Waals surface area (Å²) in [6.45, 7) is 5.45. The van der Waals surface area contributed by atoms with Gasteiger partial charge in [-0.2, -0.15) is 0 Å². The van der Waals surface area contributed by atoms with E-state index in [0.717, 1.165) is 6.07 Å². The summed E-state index contributed by atoms with van der Waals surface area (Å²) in [7, 11) is 0. The number of aromatic nitrogens is 3. The van der Waals surface area contributed by atoms with Gasteiger partial charge in [-0.15, -0.1) is 0 Å². The predicted molar refractivity (Wildman–Crippen MR) is 115 cm³/mol. The van der Waals surface area contributed by atoms with Crippen LogP contribution in [0.2, 0.25) is 0 Å². The summed E-state index contributed by atoms with van der Waals surface area (Å²) in [5.41, 5.74) is -0.867. The van der Waals surface area contributed by atoms with Gasteiger partial charge >= 0.3 is 0 Å². The first-order valence-electron chi connectivity index (χ1n) is 10.3. The van der Waals surface area contributed by atoms with Crippen LogP contribution in [0.15, 0.2) is 29.1 Å². The Labute approximate surface area is 186 Å². The maximum atomic E-state index is 14.6. The molecule has 2 aromatic heterocycles. The highest BCUT2D eigenvalue weighted by molar-refractivity contribution is 5.87. The van der Waals surface area contributed by atoms with Gasteiger partial charge in [0.15, 0.2) is 5.75 Å². The summed E-state index contributed by atoms with van der Waals surface area (Å²) in [6, 6.07) is 4.60. The number of carbonyl (C=O) groups excluding carboxylic acids is 1. The molecule has 0 bridgehead atoms. The highest BCUT2D eigenvalue weighted by Gasteiger charge is 2.31. The monoisotopic (exact) mass is 461 g/mol. The topological polar surface area (TPSA) is 100 Å². The number of alkyl halides is 2. The van der Waals surface area contributed by atoms with Gasteiger partial charge < -0.3 is 19.9 Å². The number of likely N-dealkylation sites (tertiary alicyclic amines) is 1. The maximum Gasteiger partial charge on any atom is 0.291 e. The maximum absolute atomic E-state index is 14.6. The van der Waals surface area contributed by atoms with Crippen molar-refractivity contribution in [3.63, 3.8) is 0 Å². The van der Waals surface area contributed by atoms with E-state index in [2.05, 4.69) is 20.3 Å². The van der Waals surface area contributed by atoms with Crippen molar-refractivity contribution in [3.05, 3.63) is 57.4 Å². The molecule has 0 aliphatic carbocycles.